The summed E-state index contributed by atoms with van der Waals surface area (Å²) in [6, 6.07) is 11.1. The Morgan fingerprint density at radius 2 is 1.82 bits per heavy atom. The highest BCUT2D eigenvalue weighted by Crippen LogP contribution is 2.39. The monoisotopic (exact) mass is 461 g/mol. The van der Waals surface area contributed by atoms with Gasteiger partial charge in [-0.3, -0.25) is 0 Å². The van der Waals surface area contributed by atoms with Gasteiger partial charge < -0.3 is 14.2 Å². The minimum Gasteiger partial charge on any atom is -0.486 e. The third kappa shape index (κ3) is 4.23. The molecule has 6 nitrogen and oxygen atoms in total. The van der Waals surface area contributed by atoms with Crippen LogP contribution in [0.1, 0.15) is 25.2 Å². The zero-order valence-electron chi connectivity index (χ0n) is 19.3. The Morgan fingerprint density at radius 3 is 2.53 bits per heavy atom. The first-order chi connectivity index (χ1) is 16.4. The topological polar surface area (TPSA) is 56.1 Å². The van der Waals surface area contributed by atoms with Crippen LogP contribution in [0.3, 0.4) is 0 Å². The quantitative estimate of drug-likeness (QED) is 0.418. The summed E-state index contributed by atoms with van der Waals surface area (Å²) in [6.07, 6.45) is 5.28. The van der Waals surface area contributed by atoms with Crippen molar-refractivity contribution in [3.05, 3.63) is 78.1 Å². The molecule has 2 aromatic heterocycles. The van der Waals surface area contributed by atoms with E-state index in [4.69, 9.17) is 4.74 Å². The lowest BCUT2D eigenvalue weighted by Gasteiger charge is -2.34. The van der Waals surface area contributed by atoms with Gasteiger partial charge in [-0.2, -0.15) is 0 Å². The molecule has 5 rings (SSSR count). The van der Waals surface area contributed by atoms with Crippen molar-refractivity contribution in [3.63, 3.8) is 0 Å². The Morgan fingerprint density at radius 1 is 1.03 bits per heavy atom. The molecule has 2 aromatic carbocycles. The minimum absolute atomic E-state index is 0.0751. The summed E-state index contributed by atoms with van der Waals surface area (Å²) in [5.41, 5.74) is 3.93. The van der Waals surface area contributed by atoms with Crippen molar-refractivity contribution in [3.8, 4) is 28.3 Å². The standard InChI is InChI=1S/C26H25F2N5O/c1-16(2)33-8-9-34-26-20(27)11-19(12-23(26)33)25-21(28)13-29-24(31-25)10-17-4-6-18(7-5-17)22-14-32(3)15-30-22/h4-7,11-16H,8-10H2,1-3H3. The number of ether oxygens (including phenoxy) is 1. The lowest BCUT2D eigenvalue weighted by Crippen LogP contribution is -2.38. The van der Waals surface area contributed by atoms with Crippen molar-refractivity contribution >= 4 is 5.69 Å². The molecule has 0 bridgehead atoms. The zero-order chi connectivity index (χ0) is 23.8. The predicted molar refractivity (Wildman–Crippen MR) is 127 cm³/mol. The molecule has 174 valence electrons. The van der Waals surface area contributed by atoms with Crippen LogP contribution in [0.5, 0.6) is 5.75 Å². The third-order valence-electron chi connectivity index (χ3n) is 5.92. The van der Waals surface area contributed by atoms with Gasteiger partial charge in [0.1, 0.15) is 18.1 Å². The molecule has 1 aliphatic rings. The molecular formula is C26H25F2N5O. The van der Waals surface area contributed by atoms with Crippen molar-refractivity contribution in [2.24, 2.45) is 7.05 Å². The average Bonchev–Trinajstić information content (AvgIpc) is 3.26. The number of halogens is 2. The molecule has 0 atom stereocenters. The number of aromatic nitrogens is 4. The van der Waals surface area contributed by atoms with E-state index in [1.165, 1.54) is 6.07 Å². The highest BCUT2D eigenvalue weighted by molar-refractivity contribution is 5.72. The number of rotatable bonds is 5. The zero-order valence-corrected chi connectivity index (χ0v) is 19.3. The maximum atomic E-state index is 14.9. The van der Waals surface area contributed by atoms with Gasteiger partial charge in [0.25, 0.3) is 0 Å². The molecule has 1 aliphatic heterocycles. The second kappa shape index (κ2) is 8.85. The van der Waals surface area contributed by atoms with Crippen LogP contribution in [-0.4, -0.2) is 38.7 Å². The molecule has 4 aromatic rings. The first kappa shape index (κ1) is 22.0. The van der Waals surface area contributed by atoms with E-state index in [9.17, 15) is 8.78 Å². The van der Waals surface area contributed by atoms with E-state index < -0.39 is 11.6 Å². The van der Waals surface area contributed by atoms with Crippen molar-refractivity contribution in [2.75, 3.05) is 18.1 Å². The van der Waals surface area contributed by atoms with Gasteiger partial charge in [0.2, 0.25) is 0 Å². The smallest absolute Gasteiger partial charge is 0.178 e. The second-order valence-corrected chi connectivity index (χ2v) is 8.72. The molecule has 0 amide bonds. The van der Waals surface area contributed by atoms with Crippen LogP contribution < -0.4 is 9.64 Å². The van der Waals surface area contributed by atoms with Crippen molar-refractivity contribution in [1.82, 2.24) is 19.5 Å². The third-order valence-corrected chi connectivity index (χ3v) is 5.92. The molecule has 8 heteroatoms. The first-order valence-electron chi connectivity index (χ1n) is 11.2. The molecule has 3 heterocycles. The van der Waals surface area contributed by atoms with Gasteiger partial charge >= 0.3 is 0 Å². The fourth-order valence-corrected chi connectivity index (χ4v) is 4.20. The summed E-state index contributed by atoms with van der Waals surface area (Å²) in [5.74, 6) is -0.465. The highest BCUT2D eigenvalue weighted by atomic mass is 19.1. The first-order valence-corrected chi connectivity index (χ1v) is 11.2. The van der Waals surface area contributed by atoms with Gasteiger partial charge in [-0.15, -0.1) is 0 Å². The summed E-state index contributed by atoms with van der Waals surface area (Å²) in [6.45, 7) is 5.11. The minimum atomic E-state index is -0.596. The molecule has 0 aliphatic carbocycles. The van der Waals surface area contributed by atoms with Gasteiger partial charge in [-0.05, 0) is 31.5 Å². The molecule has 0 spiro atoms. The number of hydrogen-bond acceptors (Lipinski definition) is 5. The van der Waals surface area contributed by atoms with Gasteiger partial charge in [-0.1, -0.05) is 24.3 Å². The lowest BCUT2D eigenvalue weighted by atomic mass is 10.1. The second-order valence-electron chi connectivity index (χ2n) is 8.72. The Balaban J connectivity index is 1.44. The van der Waals surface area contributed by atoms with Crippen LogP contribution in [0.15, 0.2) is 55.1 Å². The van der Waals surface area contributed by atoms with Crippen LogP contribution in [0, 0.1) is 11.6 Å². The number of hydrogen-bond donors (Lipinski definition) is 0. The van der Waals surface area contributed by atoms with E-state index in [0.717, 1.165) is 23.0 Å². The van der Waals surface area contributed by atoms with E-state index >= 15 is 0 Å². The Hall–Kier alpha value is -3.81. The van der Waals surface area contributed by atoms with Gasteiger partial charge in [0.05, 0.1) is 30.5 Å². The molecule has 0 N–H and O–H groups in total. The molecule has 0 fully saturated rings. The van der Waals surface area contributed by atoms with Crippen LogP contribution >= 0.6 is 0 Å². The van der Waals surface area contributed by atoms with Gasteiger partial charge in [0, 0.05) is 36.8 Å². The number of benzene rings is 2. The number of imidazole rings is 1. The summed E-state index contributed by atoms with van der Waals surface area (Å²) < 4.78 is 37.1. The summed E-state index contributed by atoms with van der Waals surface area (Å²) in [7, 11) is 1.93. The fourth-order valence-electron chi connectivity index (χ4n) is 4.20. The average molecular weight is 462 g/mol. The van der Waals surface area contributed by atoms with E-state index in [1.54, 1.807) is 12.4 Å². The van der Waals surface area contributed by atoms with Gasteiger partial charge in [0.15, 0.2) is 17.4 Å². The lowest BCUT2D eigenvalue weighted by molar-refractivity contribution is 0.287. The Labute approximate surface area is 196 Å². The van der Waals surface area contributed by atoms with Crippen LogP contribution in [0.25, 0.3) is 22.5 Å². The van der Waals surface area contributed by atoms with E-state index in [-0.39, 0.29) is 17.5 Å². The fraction of sp³-hybridized carbons (Fsp3) is 0.269. The number of nitrogens with zero attached hydrogens (tertiary/aromatic N) is 5. The van der Waals surface area contributed by atoms with Crippen molar-refractivity contribution in [1.29, 1.82) is 0 Å². The largest absolute Gasteiger partial charge is 0.486 e. The predicted octanol–water partition coefficient (Wildman–Crippen LogP) is 5.02. The van der Waals surface area contributed by atoms with E-state index in [2.05, 4.69) is 19.9 Å². The number of aryl methyl sites for hydroxylation is 1. The maximum Gasteiger partial charge on any atom is 0.178 e. The van der Waals surface area contributed by atoms with Gasteiger partial charge in [-0.25, -0.2) is 23.7 Å². The number of fused-ring (bicyclic) bond motifs is 1. The molecule has 0 saturated heterocycles. The van der Waals surface area contributed by atoms with Crippen molar-refractivity contribution < 1.29 is 13.5 Å². The molecule has 0 saturated carbocycles. The molecular weight excluding hydrogens is 436 g/mol. The van der Waals surface area contributed by atoms with E-state index in [1.807, 2.05) is 55.9 Å². The SMILES string of the molecule is CC(C)N1CCOc2c(F)cc(-c3nc(Cc4ccc(-c5cn(C)cn5)cc4)ncc3F)cc21. The van der Waals surface area contributed by atoms with E-state index in [0.29, 0.717) is 36.6 Å². The summed E-state index contributed by atoms with van der Waals surface area (Å²) >= 11 is 0. The summed E-state index contributed by atoms with van der Waals surface area (Å²) in [5, 5.41) is 0. The normalized spacial score (nSPS) is 13.2. The van der Waals surface area contributed by atoms with Crippen LogP contribution in [-0.2, 0) is 13.5 Å². The Bertz CT molecular complexity index is 1330. The molecule has 34 heavy (non-hydrogen) atoms. The van der Waals surface area contributed by atoms with Crippen LogP contribution in [0.2, 0.25) is 0 Å². The maximum absolute atomic E-state index is 14.9. The Kier molecular flexibility index (Phi) is 5.73. The highest BCUT2D eigenvalue weighted by Gasteiger charge is 2.25. The van der Waals surface area contributed by atoms with Crippen LogP contribution in [0.4, 0.5) is 14.5 Å². The molecule has 0 unspecified atom stereocenters. The molecule has 0 radical (unpaired) electrons. The number of anilines is 1. The van der Waals surface area contributed by atoms with Crippen molar-refractivity contribution in [2.45, 2.75) is 26.3 Å². The summed E-state index contributed by atoms with van der Waals surface area (Å²) in [4.78, 5) is 15.0.